The van der Waals surface area contributed by atoms with Crippen molar-refractivity contribution in [2.75, 3.05) is 5.32 Å². The first-order valence-electron chi connectivity index (χ1n) is 6.38. The summed E-state index contributed by atoms with van der Waals surface area (Å²) in [5.41, 5.74) is 1.20. The number of rotatable bonds is 3. The smallest absolute Gasteiger partial charge is 0.335 e. The molecule has 0 unspecified atom stereocenters. The molecule has 0 fully saturated rings. The third kappa shape index (κ3) is 3.66. The number of aromatic nitrogens is 1. The van der Waals surface area contributed by atoms with Gasteiger partial charge in [0.05, 0.1) is 11.3 Å². The molecule has 0 aliphatic carbocycles. The van der Waals surface area contributed by atoms with Gasteiger partial charge in [0, 0.05) is 16.4 Å². The Morgan fingerprint density at radius 2 is 1.90 bits per heavy atom. The molecule has 0 aliphatic rings. The molecule has 0 saturated heterocycles. The molecule has 0 saturated carbocycles. The van der Waals surface area contributed by atoms with E-state index in [4.69, 9.17) is 5.11 Å². The molecule has 1 aromatic heterocycles. The summed E-state index contributed by atoms with van der Waals surface area (Å²) in [4.78, 5) is 27.4. The molecule has 0 spiro atoms. The van der Waals surface area contributed by atoms with Crippen LogP contribution in [0.1, 0.15) is 47.2 Å². The summed E-state index contributed by atoms with van der Waals surface area (Å²) in [5.74, 6) is -1.43. The lowest BCUT2D eigenvalue weighted by Crippen LogP contribution is -2.14. The highest BCUT2D eigenvalue weighted by atomic mass is 32.1. The predicted octanol–water partition coefficient (Wildman–Crippen LogP) is 3.39. The third-order valence-corrected chi connectivity index (χ3v) is 3.62. The van der Waals surface area contributed by atoms with E-state index in [0.717, 1.165) is 5.69 Å². The Balaban J connectivity index is 2.16. The minimum absolute atomic E-state index is 0.0807. The average molecular weight is 304 g/mol. The Morgan fingerprint density at radius 3 is 2.48 bits per heavy atom. The number of carbonyl (C=O) groups is 2. The van der Waals surface area contributed by atoms with E-state index in [1.54, 1.807) is 12.1 Å². The number of amides is 1. The zero-order valence-corrected chi connectivity index (χ0v) is 12.8. The maximum atomic E-state index is 12.1. The summed E-state index contributed by atoms with van der Waals surface area (Å²) < 4.78 is 0. The van der Waals surface area contributed by atoms with Crippen molar-refractivity contribution in [2.45, 2.75) is 26.2 Å². The second kappa shape index (κ2) is 5.65. The largest absolute Gasteiger partial charge is 0.478 e. The predicted molar refractivity (Wildman–Crippen MR) is 82.2 cm³/mol. The number of carboxylic acids is 1. The van der Waals surface area contributed by atoms with Gasteiger partial charge in [0.25, 0.3) is 5.91 Å². The van der Waals surface area contributed by atoms with Gasteiger partial charge in [-0.25, -0.2) is 9.78 Å². The highest BCUT2D eigenvalue weighted by Crippen LogP contribution is 2.26. The lowest BCUT2D eigenvalue weighted by atomic mass is 9.93. The Hall–Kier alpha value is -2.21. The number of thiazole rings is 1. The zero-order chi connectivity index (χ0) is 15.6. The van der Waals surface area contributed by atoms with Crippen molar-refractivity contribution < 1.29 is 14.7 Å². The van der Waals surface area contributed by atoms with E-state index in [2.05, 4.69) is 10.3 Å². The van der Waals surface area contributed by atoms with E-state index in [1.165, 1.54) is 23.5 Å². The van der Waals surface area contributed by atoms with Gasteiger partial charge in [-0.15, -0.1) is 11.3 Å². The molecule has 0 aliphatic heterocycles. The van der Waals surface area contributed by atoms with E-state index < -0.39 is 5.97 Å². The van der Waals surface area contributed by atoms with Crippen molar-refractivity contribution in [1.82, 2.24) is 4.98 Å². The number of nitrogens with zero attached hydrogens (tertiary/aromatic N) is 1. The lowest BCUT2D eigenvalue weighted by molar-refractivity contribution is 0.0697. The highest BCUT2D eigenvalue weighted by Gasteiger charge is 2.18. The summed E-state index contributed by atoms with van der Waals surface area (Å²) >= 11 is 1.35. The molecule has 2 aromatic rings. The van der Waals surface area contributed by atoms with Gasteiger partial charge in [-0.3, -0.25) is 10.1 Å². The van der Waals surface area contributed by atoms with Crippen molar-refractivity contribution >= 4 is 28.3 Å². The van der Waals surface area contributed by atoms with E-state index in [9.17, 15) is 9.59 Å². The number of nitrogens with one attached hydrogen (secondary N) is 1. The van der Waals surface area contributed by atoms with Crippen LogP contribution in [0.3, 0.4) is 0 Å². The first-order valence-corrected chi connectivity index (χ1v) is 7.26. The highest BCUT2D eigenvalue weighted by molar-refractivity contribution is 7.14. The molecule has 110 valence electrons. The van der Waals surface area contributed by atoms with Gasteiger partial charge in [-0.2, -0.15) is 0 Å². The number of aromatic carboxylic acids is 1. The van der Waals surface area contributed by atoms with Crippen LogP contribution in [0.5, 0.6) is 0 Å². The summed E-state index contributed by atoms with van der Waals surface area (Å²) in [6.45, 7) is 6.14. The Morgan fingerprint density at radius 1 is 1.24 bits per heavy atom. The molecule has 21 heavy (non-hydrogen) atoms. The molecule has 0 atom stereocenters. The van der Waals surface area contributed by atoms with Crippen molar-refractivity contribution in [2.24, 2.45) is 0 Å². The molecule has 1 heterocycles. The molecule has 0 radical (unpaired) electrons. The van der Waals surface area contributed by atoms with Gasteiger partial charge in [0.15, 0.2) is 5.13 Å². The minimum Gasteiger partial charge on any atom is -0.478 e. The Labute approximate surface area is 126 Å². The van der Waals surface area contributed by atoms with Crippen LogP contribution >= 0.6 is 11.3 Å². The third-order valence-electron chi connectivity index (χ3n) is 2.86. The Kier molecular flexibility index (Phi) is 4.09. The maximum Gasteiger partial charge on any atom is 0.335 e. The first-order chi connectivity index (χ1) is 9.77. The molecule has 6 heteroatoms. The molecule has 0 bridgehead atoms. The van der Waals surface area contributed by atoms with Crippen LogP contribution < -0.4 is 5.32 Å². The van der Waals surface area contributed by atoms with Crippen molar-refractivity contribution in [1.29, 1.82) is 0 Å². The lowest BCUT2D eigenvalue weighted by Gasteiger charge is -2.14. The van der Waals surface area contributed by atoms with Crippen molar-refractivity contribution in [3.05, 3.63) is 46.5 Å². The molecule has 2 N–H and O–H groups in total. The Bertz CT molecular complexity index is 686. The number of carboxylic acid groups (broad SMARTS) is 1. The summed E-state index contributed by atoms with van der Waals surface area (Å²) in [7, 11) is 0. The fraction of sp³-hybridized carbons (Fsp3) is 0.267. The number of benzene rings is 1. The van der Waals surface area contributed by atoms with Crippen LogP contribution in [0.25, 0.3) is 0 Å². The molecular weight excluding hydrogens is 288 g/mol. The van der Waals surface area contributed by atoms with Crippen LogP contribution in [0, 0.1) is 0 Å². The number of hydrogen-bond donors (Lipinski definition) is 2. The summed E-state index contributed by atoms with van der Waals surface area (Å²) in [5, 5.41) is 14.0. The normalized spacial score (nSPS) is 11.2. The standard InChI is InChI=1S/C15H16N2O3S/c1-15(2,3)11-8-21-14(16-11)17-12(18)9-5-4-6-10(7-9)13(19)20/h4-8H,1-3H3,(H,19,20)(H,16,17,18). The van der Waals surface area contributed by atoms with Crippen LogP contribution in [0.4, 0.5) is 5.13 Å². The second-order valence-electron chi connectivity index (χ2n) is 5.63. The minimum atomic E-state index is -1.06. The van der Waals surface area contributed by atoms with E-state index in [1.807, 2.05) is 26.2 Å². The van der Waals surface area contributed by atoms with Gasteiger partial charge >= 0.3 is 5.97 Å². The molecular formula is C15H16N2O3S. The fourth-order valence-electron chi connectivity index (χ4n) is 1.64. The monoisotopic (exact) mass is 304 g/mol. The number of carbonyl (C=O) groups excluding carboxylic acids is 1. The topological polar surface area (TPSA) is 79.3 Å². The van der Waals surface area contributed by atoms with Crippen LogP contribution in [-0.2, 0) is 5.41 Å². The van der Waals surface area contributed by atoms with Gasteiger partial charge < -0.3 is 5.11 Å². The fourth-order valence-corrected chi connectivity index (χ4v) is 2.57. The van der Waals surface area contributed by atoms with E-state index >= 15 is 0 Å². The summed E-state index contributed by atoms with van der Waals surface area (Å²) in [6.07, 6.45) is 0. The maximum absolute atomic E-state index is 12.1. The zero-order valence-electron chi connectivity index (χ0n) is 12.0. The van der Waals surface area contributed by atoms with E-state index in [-0.39, 0.29) is 16.9 Å². The van der Waals surface area contributed by atoms with Crippen LogP contribution in [0.2, 0.25) is 0 Å². The molecule has 1 amide bonds. The first kappa shape index (κ1) is 15.2. The van der Waals surface area contributed by atoms with Gasteiger partial charge in [-0.05, 0) is 18.2 Å². The quantitative estimate of drug-likeness (QED) is 0.911. The van der Waals surface area contributed by atoms with Gasteiger partial charge in [0.1, 0.15) is 0 Å². The van der Waals surface area contributed by atoms with Crippen LogP contribution in [-0.4, -0.2) is 22.0 Å². The number of anilines is 1. The van der Waals surface area contributed by atoms with Crippen molar-refractivity contribution in [3.8, 4) is 0 Å². The van der Waals surface area contributed by atoms with Crippen LogP contribution in [0.15, 0.2) is 29.6 Å². The van der Waals surface area contributed by atoms with Gasteiger partial charge in [-0.1, -0.05) is 26.8 Å². The second-order valence-corrected chi connectivity index (χ2v) is 6.49. The van der Waals surface area contributed by atoms with Gasteiger partial charge in [0.2, 0.25) is 0 Å². The van der Waals surface area contributed by atoms with E-state index in [0.29, 0.717) is 10.7 Å². The molecule has 2 rings (SSSR count). The number of hydrogen-bond acceptors (Lipinski definition) is 4. The molecule has 1 aromatic carbocycles. The van der Waals surface area contributed by atoms with Crippen molar-refractivity contribution in [3.63, 3.8) is 0 Å². The average Bonchev–Trinajstić information content (AvgIpc) is 2.87. The SMILES string of the molecule is CC(C)(C)c1csc(NC(=O)c2cccc(C(=O)O)c2)n1. The molecule has 5 nitrogen and oxygen atoms in total. The summed E-state index contributed by atoms with van der Waals surface area (Å²) in [6, 6.07) is 5.90.